The van der Waals surface area contributed by atoms with Gasteiger partial charge in [0.25, 0.3) is 5.91 Å². The minimum Gasteiger partial charge on any atom is -0.455 e. The third-order valence-corrected chi connectivity index (χ3v) is 14.7. The number of hydrogen-bond acceptors (Lipinski definition) is 14. The summed E-state index contributed by atoms with van der Waals surface area (Å²) in [5, 5.41) is 8.77. The molecular formula is C46H65FN8O8S3. The average Bonchev–Trinajstić information content (AvgIpc) is 3.79. The molecule has 16 nitrogen and oxygen atoms in total. The molecule has 7 atom stereocenters. The molecule has 3 heterocycles. The number of hydrogen-bond donors (Lipinski definition) is 4. The quantitative estimate of drug-likeness (QED) is 0.0338. The fourth-order valence-corrected chi connectivity index (χ4v) is 10.1. The highest BCUT2D eigenvalue weighted by Gasteiger charge is 2.37. The molecule has 0 radical (unpaired) electrons. The van der Waals surface area contributed by atoms with Crippen LogP contribution in [0.4, 0.5) is 9.18 Å². The van der Waals surface area contributed by atoms with Crippen molar-refractivity contribution in [2.24, 2.45) is 17.8 Å². The molecule has 0 bridgehead atoms. The maximum atomic E-state index is 14.3. The molecule has 5 amide bonds. The molecule has 3 aromatic rings. The second kappa shape index (κ2) is 27.1. The van der Waals surface area contributed by atoms with E-state index in [2.05, 4.69) is 31.5 Å². The minimum atomic E-state index is -0.911. The molecule has 66 heavy (non-hydrogen) atoms. The van der Waals surface area contributed by atoms with Crippen molar-refractivity contribution in [1.82, 2.24) is 41.3 Å². The number of likely N-dealkylation sites (tertiary alicyclic amines) is 1. The highest BCUT2D eigenvalue weighted by molar-refractivity contribution is 8.76. The predicted octanol–water partition coefficient (Wildman–Crippen LogP) is 6.73. The van der Waals surface area contributed by atoms with E-state index in [4.69, 9.17) is 9.47 Å². The van der Waals surface area contributed by atoms with Gasteiger partial charge in [0.1, 0.15) is 34.2 Å². The number of carbonyl (C=O) groups excluding carboxylic acids is 6. The number of nitrogens with zero attached hydrogens (tertiary/aromatic N) is 4. The standard InChI is InChI=1S/C46H65FN8O8S3/c1-9-29(4)40(51-43(59)36-14-11-13-21-54(36)7)45(60)55(8)37(28(2)3)26-38(63-31(6)56)44-50-35(27-64-44)42(58)49-34(25-32-16-18-33(47)19-17-32)24-30(5)41(57)52-53-46(61)62-22-23-65-66-39-15-10-12-20-48-39/h10,12,15-20,27-30,34,36-38,40H,9,11,13-14,21-26H2,1-8H3,(H,49,58)(H,51,59)(H,52,57)(H,53,61). The zero-order valence-corrected chi connectivity index (χ0v) is 41.5. The molecule has 7 unspecified atom stereocenters. The number of hydrazine groups is 1. The lowest BCUT2D eigenvalue weighted by atomic mass is 9.92. The minimum absolute atomic E-state index is 0.0483. The van der Waals surface area contributed by atoms with Gasteiger partial charge >= 0.3 is 12.1 Å². The Bertz CT molecular complexity index is 2050. The van der Waals surface area contributed by atoms with E-state index < -0.39 is 59.8 Å². The van der Waals surface area contributed by atoms with Crippen LogP contribution in [0.2, 0.25) is 0 Å². The second-order valence-electron chi connectivity index (χ2n) is 17.0. The molecule has 0 saturated carbocycles. The first kappa shape index (κ1) is 53.8. The maximum Gasteiger partial charge on any atom is 0.426 e. The fourth-order valence-electron chi connectivity index (χ4n) is 7.59. The first-order valence-corrected chi connectivity index (χ1v) is 25.5. The molecule has 1 saturated heterocycles. The van der Waals surface area contributed by atoms with E-state index in [-0.39, 0.29) is 61.3 Å². The Hall–Kier alpha value is -4.79. The number of rotatable bonds is 23. The van der Waals surface area contributed by atoms with Gasteiger partial charge in [-0.25, -0.2) is 24.6 Å². The van der Waals surface area contributed by atoms with Crippen molar-refractivity contribution in [2.45, 2.75) is 122 Å². The highest BCUT2D eigenvalue weighted by Crippen LogP contribution is 2.32. The van der Waals surface area contributed by atoms with Crippen LogP contribution in [0.25, 0.3) is 0 Å². The largest absolute Gasteiger partial charge is 0.455 e. The molecule has 1 aromatic carbocycles. The summed E-state index contributed by atoms with van der Waals surface area (Å²) in [5.74, 6) is -2.95. The number of thiazole rings is 1. The topological polar surface area (TPSA) is 201 Å². The molecular weight excluding hydrogens is 908 g/mol. The molecule has 0 aliphatic carbocycles. The third kappa shape index (κ3) is 17.1. The monoisotopic (exact) mass is 972 g/mol. The number of aromatic nitrogens is 2. The number of pyridine rings is 1. The molecule has 1 fully saturated rings. The van der Waals surface area contributed by atoms with E-state index in [0.717, 1.165) is 42.2 Å². The zero-order valence-electron chi connectivity index (χ0n) is 39.0. The van der Waals surface area contributed by atoms with Gasteiger partial charge in [0, 0.05) is 55.7 Å². The molecule has 20 heteroatoms. The Labute approximate surface area is 399 Å². The lowest BCUT2D eigenvalue weighted by Crippen LogP contribution is -2.58. The Kier molecular flexibility index (Phi) is 22.1. The number of piperidine rings is 1. The number of likely N-dealkylation sites (N-methyl/N-ethyl adjacent to an activating group) is 2. The number of nitrogens with one attached hydrogen (secondary N) is 4. The van der Waals surface area contributed by atoms with Gasteiger partial charge in [0.2, 0.25) is 17.7 Å². The summed E-state index contributed by atoms with van der Waals surface area (Å²) in [7, 11) is 6.54. The van der Waals surface area contributed by atoms with Gasteiger partial charge in [-0.1, -0.05) is 76.5 Å². The first-order valence-electron chi connectivity index (χ1n) is 22.4. The summed E-state index contributed by atoms with van der Waals surface area (Å²) in [5.41, 5.74) is 5.39. The maximum absolute atomic E-state index is 14.3. The Balaban J connectivity index is 1.42. The summed E-state index contributed by atoms with van der Waals surface area (Å²) in [6.45, 7) is 11.7. The molecule has 0 spiro atoms. The van der Waals surface area contributed by atoms with Crippen LogP contribution in [0, 0.1) is 23.6 Å². The van der Waals surface area contributed by atoms with E-state index in [1.54, 1.807) is 42.6 Å². The van der Waals surface area contributed by atoms with Crippen molar-refractivity contribution in [3.8, 4) is 0 Å². The first-order chi connectivity index (χ1) is 31.5. The smallest absolute Gasteiger partial charge is 0.426 e. The number of ether oxygens (including phenoxy) is 2. The zero-order chi connectivity index (χ0) is 48.3. The summed E-state index contributed by atoms with van der Waals surface area (Å²) < 4.78 is 24.8. The van der Waals surface area contributed by atoms with Crippen molar-refractivity contribution in [3.63, 3.8) is 0 Å². The van der Waals surface area contributed by atoms with Gasteiger partial charge < -0.3 is 25.0 Å². The van der Waals surface area contributed by atoms with Gasteiger partial charge in [-0.15, -0.1) is 11.3 Å². The Morgan fingerprint density at radius 2 is 1.74 bits per heavy atom. The predicted molar refractivity (Wildman–Crippen MR) is 255 cm³/mol. The van der Waals surface area contributed by atoms with E-state index >= 15 is 0 Å². The average molecular weight is 973 g/mol. The number of esters is 1. The molecule has 2 aromatic heterocycles. The number of benzene rings is 1. The third-order valence-electron chi connectivity index (χ3n) is 11.5. The van der Waals surface area contributed by atoms with Crippen molar-refractivity contribution >= 4 is 68.6 Å². The second-order valence-corrected chi connectivity index (χ2v) is 20.3. The van der Waals surface area contributed by atoms with Crippen molar-refractivity contribution < 1.29 is 42.6 Å². The van der Waals surface area contributed by atoms with Crippen molar-refractivity contribution in [1.29, 1.82) is 0 Å². The lowest BCUT2D eigenvalue weighted by molar-refractivity contribution is -0.149. The van der Waals surface area contributed by atoms with E-state index in [1.807, 2.05) is 57.8 Å². The van der Waals surface area contributed by atoms with Gasteiger partial charge in [0.15, 0.2) is 6.10 Å². The van der Waals surface area contributed by atoms with Crippen LogP contribution < -0.4 is 21.5 Å². The van der Waals surface area contributed by atoms with Crippen LogP contribution in [-0.4, -0.2) is 113 Å². The highest BCUT2D eigenvalue weighted by atomic mass is 33.1. The molecule has 4 N–H and O–H groups in total. The Morgan fingerprint density at radius 1 is 1.00 bits per heavy atom. The number of amides is 5. The number of halogens is 1. The van der Waals surface area contributed by atoms with E-state index in [0.29, 0.717) is 22.7 Å². The SMILES string of the molecule is CCC(C)C(NC(=O)C1CCCCN1C)C(=O)N(C)C(CC(OC(C)=O)c1nc(C(=O)NC(Cc2ccc(F)cc2)CC(C)C(=O)NNC(=O)OCCSSc2ccccn2)cs1)C(C)C. The van der Waals surface area contributed by atoms with Gasteiger partial charge in [-0.3, -0.25) is 34.3 Å². The van der Waals surface area contributed by atoms with Crippen LogP contribution >= 0.6 is 32.9 Å². The van der Waals surface area contributed by atoms with E-state index in [1.165, 1.54) is 40.6 Å². The van der Waals surface area contributed by atoms with Crippen LogP contribution in [0.3, 0.4) is 0 Å². The molecule has 362 valence electrons. The number of carbonyl (C=O) groups is 6. The summed E-state index contributed by atoms with van der Waals surface area (Å²) >= 11 is 1.13. The summed E-state index contributed by atoms with van der Waals surface area (Å²) in [6.07, 6.45) is 3.85. The molecule has 1 aliphatic heterocycles. The fraction of sp³-hybridized carbons (Fsp3) is 0.565. The normalized spacial score (nSPS) is 16.7. The summed E-state index contributed by atoms with van der Waals surface area (Å²) in [4.78, 5) is 92.1. The Morgan fingerprint density at radius 3 is 2.39 bits per heavy atom. The van der Waals surface area contributed by atoms with Crippen LogP contribution in [-0.2, 0) is 35.1 Å². The molecule has 4 rings (SSSR count). The molecule has 1 aliphatic rings. The van der Waals surface area contributed by atoms with Crippen molar-refractivity contribution in [2.75, 3.05) is 33.0 Å². The lowest BCUT2D eigenvalue weighted by Gasteiger charge is -2.38. The van der Waals surface area contributed by atoms with Gasteiger partial charge in [0.05, 0.1) is 6.04 Å². The van der Waals surface area contributed by atoms with Gasteiger partial charge in [-0.2, -0.15) is 0 Å². The summed E-state index contributed by atoms with van der Waals surface area (Å²) in [6, 6.07) is 9.22. The van der Waals surface area contributed by atoms with Crippen molar-refractivity contribution in [3.05, 3.63) is 76.1 Å². The van der Waals surface area contributed by atoms with Crippen LogP contribution in [0.1, 0.15) is 107 Å². The van der Waals surface area contributed by atoms with Gasteiger partial charge in [-0.05, 0) is 91.7 Å². The van der Waals surface area contributed by atoms with Crippen LogP contribution in [0.5, 0.6) is 0 Å². The van der Waals surface area contributed by atoms with Crippen LogP contribution in [0.15, 0.2) is 59.1 Å². The van der Waals surface area contributed by atoms with E-state index in [9.17, 15) is 33.2 Å².